The van der Waals surface area contributed by atoms with Gasteiger partial charge in [-0.25, -0.2) is 0 Å². The molecule has 1 saturated carbocycles. The predicted molar refractivity (Wildman–Crippen MR) is 64.9 cm³/mol. The van der Waals surface area contributed by atoms with Crippen molar-refractivity contribution in [3.63, 3.8) is 0 Å². The number of nitrogens with two attached hydrogens (primary N) is 1. The van der Waals surface area contributed by atoms with E-state index in [1.807, 2.05) is 0 Å². The van der Waals surface area contributed by atoms with Crippen LogP contribution in [0.1, 0.15) is 32.1 Å². The van der Waals surface area contributed by atoms with Gasteiger partial charge < -0.3 is 15.7 Å². The smallest absolute Gasteiger partial charge is 0.235 e. The van der Waals surface area contributed by atoms with E-state index in [0.717, 1.165) is 38.6 Å². The monoisotopic (exact) mass is 242 g/mol. The van der Waals surface area contributed by atoms with Gasteiger partial charge in [0.25, 0.3) is 0 Å². The van der Waals surface area contributed by atoms with Crippen LogP contribution in [-0.2, 0) is 4.79 Å². The number of β-amino-alcohol motifs (C(OH)–C–C–N with tert-alkyl or cyclic N) is 1. The summed E-state index contributed by atoms with van der Waals surface area (Å²) in [6.45, 7) is 1.16. The van der Waals surface area contributed by atoms with Crippen LogP contribution in [0.4, 0.5) is 0 Å². The van der Waals surface area contributed by atoms with Gasteiger partial charge in [0.15, 0.2) is 0 Å². The van der Waals surface area contributed by atoms with Crippen molar-refractivity contribution >= 4 is 23.1 Å². The Kier molecular flexibility index (Phi) is 3.17. The zero-order chi connectivity index (χ0) is 11.8. The van der Waals surface area contributed by atoms with Gasteiger partial charge in [-0.2, -0.15) is 0 Å². The van der Waals surface area contributed by atoms with Gasteiger partial charge in [0.05, 0.1) is 16.5 Å². The molecule has 2 fully saturated rings. The minimum absolute atomic E-state index is 0.0324. The zero-order valence-corrected chi connectivity index (χ0v) is 10.1. The second-order valence-corrected chi connectivity index (χ2v) is 5.29. The molecule has 0 aromatic heterocycles. The van der Waals surface area contributed by atoms with E-state index < -0.39 is 5.41 Å². The molecule has 1 saturated heterocycles. The summed E-state index contributed by atoms with van der Waals surface area (Å²) in [6, 6.07) is 0. The average molecular weight is 242 g/mol. The minimum atomic E-state index is -0.591. The fourth-order valence-corrected chi connectivity index (χ4v) is 2.83. The second kappa shape index (κ2) is 4.30. The van der Waals surface area contributed by atoms with Crippen LogP contribution < -0.4 is 5.73 Å². The maximum absolute atomic E-state index is 12.3. The summed E-state index contributed by atoms with van der Waals surface area (Å²) in [5.74, 6) is 0.0324. The Balaban J connectivity index is 2.08. The Morgan fingerprint density at radius 1 is 1.44 bits per heavy atom. The lowest BCUT2D eigenvalue weighted by molar-refractivity contribution is -0.145. The quantitative estimate of drug-likeness (QED) is 0.689. The van der Waals surface area contributed by atoms with Crippen molar-refractivity contribution < 1.29 is 9.90 Å². The number of hydrogen-bond donors (Lipinski definition) is 2. The number of carbonyl (C=O) groups excluding carboxylic acids is 1. The van der Waals surface area contributed by atoms with Gasteiger partial charge in [-0.15, -0.1) is 0 Å². The maximum atomic E-state index is 12.3. The van der Waals surface area contributed by atoms with Crippen LogP contribution in [-0.4, -0.2) is 40.1 Å². The van der Waals surface area contributed by atoms with Gasteiger partial charge in [0, 0.05) is 13.1 Å². The molecule has 1 amide bonds. The van der Waals surface area contributed by atoms with Crippen molar-refractivity contribution in [1.82, 2.24) is 4.90 Å². The average Bonchev–Trinajstić information content (AvgIpc) is 2.15. The molecule has 90 valence electrons. The summed E-state index contributed by atoms with van der Waals surface area (Å²) in [5.41, 5.74) is 5.11. The third-order valence-corrected chi connectivity index (χ3v) is 4.16. The highest BCUT2D eigenvalue weighted by Gasteiger charge is 2.49. The van der Waals surface area contributed by atoms with Crippen molar-refractivity contribution in [1.29, 1.82) is 0 Å². The van der Waals surface area contributed by atoms with Crippen LogP contribution in [0.5, 0.6) is 0 Å². The van der Waals surface area contributed by atoms with E-state index in [-0.39, 0.29) is 12.0 Å². The second-order valence-electron chi connectivity index (χ2n) is 4.85. The Morgan fingerprint density at radius 2 is 2.12 bits per heavy atom. The summed E-state index contributed by atoms with van der Waals surface area (Å²) in [4.78, 5) is 14.4. The van der Waals surface area contributed by atoms with Crippen LogP contribution in [0.25, 0.3) is 0 Å². The topological polar surface area (TPSA) is 66.6 Å². The number of amides is 1. The third-order valence-electron chi connectivity index (χ3n) is 3.77. The van der Waals surface area contributed by atoms with Gasteiger partial charge in [-0.1, -0.05) is 18.6 Å². The first-order valence-electron chi connectivity index (χ1n) is 5.83. The van der Waals surface area contributed by atoms with E-state index in [4.69, 9.17) is 18.0 Å². The van der Waals surface area contributed by atoms with Crippen molar-refractivity contribution in [3.05, 3.63) is 0 Å². The molecule has 1 atom stereocenters. The number of nitrogens with zero attached hydrogens (tertiary/aromatic N) is 1. The van der Waals surface area contributed by atoms with Crippen molar-refractivity contribution in [2.75, 3.05) is 13.1 Å². The fourth-order valence-electron chi connectivity index (χ4n) is 2.54. The third kappa shape index (κ3) is 1.82. The van der Waals surface area contributed by atoms with Gasteiger partial charge >= 0.3 is 0 Å². The number of hydrogen-bond acceptors (Lipinski definition) is 3. The van der Waals surface area contributed by atoms with Gasteiger partial charge in [-0.3, -0.25) is 4.79 Å². The van der Waals surface area contributed by atoms with Crippen molar-refractivity contribution in [2.24, 2.45) is 11.1 Å². The fraction of sp³-hybridized carbons (Fsp3) is 0.818. The van der Waals surface area contributed by atoms with Crippen LogP contribution in [0.2, 0.25) is 0 Å². The summed E-state index contributed by atoms with van der Waals surface area (Å²) in [7, 11) is 0. The Labute approximate surface area is 101 Å². The number of aliphatic hydroxyl groups is 1. The molecular weight excluding hydrogens is 224 g/mol. The van der Waals surface area contributed by atoms with Gasteiger partial charge in [0.2, 0.25) is 5.91 Å². The molecule has 3 N–H and O–H groups in total. The Bertz CT molecular complexity index is 315. The summed E-state index contributed by atoms with van der Waals surface area (Å²) >= 11 is 5.02. The van der Waals surface area contributed by atoms with Crippen LogP contribution >= 0.6 is 12.2 Å². The van der Waals surface area contributed by atoms with E-state index in [1.165, 1.54) is 0 Å². The molecule has 0 aromatic carbocycles. The molecule has 16 heavy (non-hydrogen) atoms. The van der Waals surface area contributed by atoms with Crippen LogP contribution in [0, 0.1) is 5.41 Å². The molecule has 2 aliphatic rings. The highest BCUT2D eigenvalue weighted by atomic mass is 32.1. The van der Waals surface area contributed by atoms with E-state index in [0.29, 0.717) is 11.5 Å². The molecule has 0 bridgehead atoms. The molecular formula is C11H18N2O2S. The minimum Gasteiger partial charge on any atom is -0.392 e. The van der Waals surface area contributed by atoms with E-state index in [9.17, 15) is 9.90 Å². The molecule has 0 radical (unpaired) electrons. The van der Waals surface area contributed by atoms with E-state index in [1.54, 1.807) is 4.90 Å². The molecule has 0 spiro atoms. The molecule has 1 aliphatic heterocycles. The maximum Gasteiger partial charge on any atom is 0.235 e. The van der Waals surface area contributed by atoms with E-state index in [2.05, 4.69) is 0 Å². The largest absolute Gasteiger partial charge is 0.392 e. The summed E-state index contributed by atoms with van der Waals surface area (Å²) in [6.07, 6.45) is 3.81. The molecule has 5 heteroatoms. The molecule has 4 nitrogen and oxygen atoms in total. The molecule has 0 aromatic rings. The zero-order valence-electron chi connectivity index (χ0n) is 9.32. The number of aliphatic hydroxyl groups excluding tert-OH is 1. The highest BCUT2D eigenvalue weighted by Crippen LogP contribution is 2.43. The first-order valence-corrected chi connectivity index (χ1v) is 6.24. The molecule has 1 unspecified atom stereocenters. The number of likely N-dealkylation sites (tertiary alicyclic amines) is 1. The normalized spacial score (nSPS) is 28.3. The highest BCUT2D eigenvalue weighted by molar-refractivity contribution is 7.80. The molecule has 1 heterocycles. The first kappa shape index (κ1) is 11.8. The molecule has 1 aliphatic carbocycles. The number of carbonyl (C=O) groups is 1. The SMILES string of the molecule is NC(=S)C1(C(=O)N2CCCC(O)C2)CCC1. The summed E-state index contributed by atoms with van der Waals surface area (Å²) in [5, 5.41) is 9.57. The molecule has 2 rings (SSSR count). The number of thiocarbonyl (C=S) groups is 1. The van der Waals surface area contributed by atoms with Crippen LogP contribution in [0.3, 0.4) is 0 Å². The lowest BCUT2D eigenvalue weighted by Gasteiger charge is -2.44. The standard InChI is InChI=1S/C11H18N2O2S/c12-9(16)11(4-2-5-11)10(15)13-6-1-3-8(14)7-13/h8,14H,1-7H2,(H2,12,16). The number of piperidine rings is 1. The predicted octanol–water partition coefficient (Wildman–Crippen LogP) is 0.426. The van der Waals surface area contributed by atoms with Gasteiger partial charge in [0.1, 0.15) is 0 Å². The van der Waals surface area contributed by atoms with Crippen molar-refractivity contribution in [2.45, 2.75) is 38.2 Å². The number of rotatable bonds is 2. The van der Waals surface area contributed by atoms with Crippen LogP contribution in [0.15, 0.2) is 0 Å². The Hall–Kier alpha value is -0.680. The lowest BCUT2D eigenvalue weighted by Crippen LogP contribution is -2.56. The Morgan fingerprint density at radius 3 is 2.56 bits per heavy atom. The van der Waals surface area contributed by atoms with E-state index >= 15 is 0 Å². The first-order chi connectivity index (χ1) is 7.56. The lowest BCUT2D eigenvalue weighted by atomic mass is 9.67. The summed E-state index contributed by atoms with van der Waals surface area (Å²) < 4.78 is 0. The van der Waals surface area contributed by atoms with Gasteiger partial charge in [-0.05, 0) is 25.7 Å². The van der Waals surface area contributed by atoms with Crippen molar-refractivity contribution in [3.8, 4) is 0 Å².